The van der Waals surface area contributed by atoms with Crippen LogP contribution < -0.4 is 0 Å². The summed E-state index contributed by atoms with van der Waals surface area (Å²) in [6, 6.07) is 0. The second kappa shape index (κ2) is 6.80. The Labute approximate surface area is 92.5 Å². The molecule has 0 aliphatic rings. The third kappa shape index (κ3) is 5.74. The summed E-state index contributed by atoms with van der Waals surface area (Å²) < 4.78 is 9.96. The van der Waals surface area contributed by atoms with Gasteiger partial charge < -0.3 is 14.4 Å². The number of rotatable bonds is 6. The van der Waals surface area contributed by atoms with Gasteiger partial charge in [0.15, 0.2) is 0 Å². The second-order valence-corrected chi connectivity index (χ2v) is 4.53. The molecule has 0 spiro atoms. The van der Waals surface area contributed by atoms with Crippen molar-refractivity contribution in [1.29, 1.82) is 0 Å². The van der Waals surface area contributed by atoms with Crippen LogP contribution in [0.15, 0.2) is 0 Å². The second-order valence-electron chi connectivity index (χ2n) is 4.53. The van der Waals surface area contributed by atoms with Crippen LogP contribution in [0.5, 0.6) is 0 Å². The fraction of sp³-hybridized carbons (Fsp3) is 0.909. The normalized spacial score (nSPS) is 11.5. The number of ether oxygens (including phenoxy) is 2. The molecule has 0 radical (unpaired) electrons. The summed E-state index contributed by atoms with van der Waals surface area (Å²) in [5, 5.41) is 0. The number of methoxy groups -OCH3 is 2. The van der Waals surface area contributed by atoms with E-state index in [4.69, 9.17) is 9.47 Å². The molecule has 0 aromatic carbocycles. The third-order valence-corrected chi connectivity index (χ3v) is 2.06. The van der Waals surface area contributed by atoms with E-state index in [1.165, 1.54) is 0 Å². The Bertz CT molecular complexity index is 179. The van der Waals surface area contributed by atoms with E-state index in [-0.39, 0.29) is 11.3 Å². The summed E-state index contributed by atoms with van der Waals surface area (Å²) in [5.41, 5.74) is -0.346. The molecule has 4 heteroatoms. The third-order valence-electron chi connectivity index (χ3n) is 2.06. The SMILES string of the molecule is COCCN(CCOC)C(=O)C(C)(C)C. The average molecular weight is 217 g/mol. The maximum Gasteiger partial charge on any atom is 0.228 e. The van der Waals surface area contributed by atoms with E-state index in [1.54, 1.807) is 19.1 Å². The predicted octanol–water partition coefficient (Wildman–Crippen LogP) is 1.15. The molecular formula is C11H23NO3. The lowest BCUT2D eigenvalue weighted by atomic mass is 9.95. The standard InChI is InChI=1S/C11H23NO3/c1-11(2,3)10(13)12(6-8-14-4)7-9-15-5/h6-9H2,1-5H3. The van der Waals surface area contributed by atoms with Crippen molar-refractivity contribution in [2.45, 2.75) is 20.8 Å². The Balaban J connectivity index is 4.27. The number of amides is 1. The van der Waals surface area contributed by atoms with Gasteiger partial charge in [0.25, 0.3) is 0 Å². The smallest absolute Gasteiger partial charge is 0.228 e. The molecule has 0 N–H and O–H groups in total. The summed E-state index contributed by atoms with van der Waals surface area (Å²) in [4.78, 5) is 13.8. The monoisotopic (exact) mass is 217 g/mol. The lowest BCUT2D eigenvalue weighted by molar-refractivity contribution is -0.140. The van der Waals surface area contributed by atoms with E-state index in [1.807, 2.05) is 20.8 Å². The molecule has 4 nitrogen and oxygen atoms in total. The minimum Gasteiger partial charge on any atom is -0.383 e. The van der Waals surface area contributed by atoms with Crippen molar-refractivity contribution >= 4 is 5.91 Å². The largest absolute Gasteiger partial charge is 0.383 e. The molecule has 0 heterocycles. The van der Waals surface area contributed by atoms with Crippen molar-refractivity contribution in [3.63, 3.8) is 0 Å². The highest BCUT2D eigenvalue weighted by Gasteiger charge is 2.26. The van der Waals surface area contributed by atoms with Crippen LogP contribution in [0.2, 0.25) is 0 Å². The molecule has 1 amide bonds. The molecular weight excluding hydrogens is 194 g/mol. The van der Waals surface area contributed by atoms with Crippen LogP contribution in [-0.2, 0) is 14.3 Å². The van der Waals surface area contributed by atoms with Crippen LogP contribution >= 0.6 is 0 Å². The maximum atomic E-state index is 12.0. The molecule has 0 fully saturated rings. The number of hydrogen-bond donors (Lipinski definition) is 0. The van der Waals surface area contributed by atoms with Crippen molar-refractivity contribution in [3.8, 4) is 0 Å². The summed E-state index contributed by atoms with van der Waals surface area (Å²) in [7, 11) is 3.27. The average Bonchev–Trinajstić information content (AvgIpc) is 2.16. The molecule has 0 aromatic heterocycles. The predicted molar refractivity (Wildman–Crippen MR) is 59.8 cm³/mol. The first kappa shape index (κ1) is 14.4. The van der Waals surface area contributed by atoms with Gasteiger partial charge in [0.1, 0.15) is 0 Å². The van der Waals surface area contributed by atoms with Crippen molar-refractivity contribution in [2.75, 3.05) is 40.5 Å². The van der Waals surface area contributed by atoms with Crippen molar-refractivity contribution in [3.05, 3.63) is 0 Å². The summed E-state index contributed by atoms with van der Waals surface area (Å²) in [5.74, 6) is 0.136. The zero-order valence-corrected chi connectivity index (χ0v) is 10.5. The molecule has 0 rings (SSSR count). The molecule has 0 saturated heterocycles. The van der Waals surface area contributed by atoms with Crippen molar-refractivity contribution in [1.82, 2.24) is 4.90 Å². The van der Waals surface area contributed by atoms with Gasteiger partial charge in [-0.05, 0) is 0 Å². The van der Waals surface area contributed by atoms with Gasteiger partial charge in [-0.2, -0.15) is 0 Å². The number of hydrogen-bond acceptors (Lipinski definition) is 3. The van der Waals surface area contributed by atoms with E-state index in [0.717, 1.165) is 0 Å². The molecule has 0 bridgehead atoms. The number of carbonyl (C=O) groups excluding carboxylic acids is 1. The minimum absolute atomic E-state index is 0.136. The van der Waals surface area contributed by atoms with E-state index in [9.17, 15) is 4.79 Å². The van der Waals surface area contributed by atoms with Crippen molar-refractivity contribution in [2.24, 2.45) is 5.41 Å². The van der Waals surface area contributed by atoms with Gasteiger partial charge in [-0.1, -0.05) is 20.8 Å². The first-order valence-corrected chi connectivity index (χ1v) is 5.20. The first-order valence-electron chi connectivity index (χ1n) is 5.20. The van der Waals surface area contributed by atoms with Crippen LogP contribution in [0, 0.1) is 5.41 Å². The Morgan fingerprint density at radius 3 is 1.73 bits per heavy atom. The topological polar surface area (TPSA) is 38.8 Å². The van der Waals surface area contributed by atoms with E-state index in [0.29, 0.717) is 26.3 Å². The number of nitrogens with zero attached hydrogens (tertiary/aromatic N) is 1. The first-order chi connectivity index (χ1) is 6.93. The highest BCUT2D eigenvalue weighted by atomic mass is 16.5. The van der Waals surface area contributed by atoms with Crippen LogP contribution in [0.4, 0.5) is 0 Å². The van der Waals surface area contributed by atoms with Gasteiger partial charge in [-0.25, -0.2) is 0 Å². The van der Waals surface area contributed by atoms with E-state index < -0.39 is 0 Å². The van der Waals surface area contributed by atoms with Crippen LogP contribution in [-0.4, -0.2) is 51.3 Å². The molecule has 0 atom stereocenters. The van der Waals surface area contributed by atoms with E-state index in [2.05, 4.69) is 0 Å². The molecule has 90 valence electrons. The van der Waals surface area contributed by atoms with Gasteiger partial charge in [0, 0.05) is 32.7 Å². The summed E-state index contributed by atoms with van der Waals surface area (Å²) in [6.45, 7) is 8.12. The van der Waals surface area contributed by atoms with Gasteiger partial charge in [-0.3, -0.25) is 4.79 Å². The van der Waals surface area contributed by atoms with Gasteiger partial charge in [0.2, 0.25) is 5.91 Å². The minimum atomic E-state index is -0.346. The summed E-state index contributed by atoms with van der Waals surface area (Å²) in [6.07, 6.45) is 0. The Kier molecular flexibility index (Phi) is 6.52. The maximum absolute atomic E-state index is 12.0. The molecule has 0 aliphatic heterocycles. The summed E-state index contributed by atoms with van der Waals surface area (Å²) >= 11 is 0. The lowest BCUT2D eigenvalue weighted by Gasteiger charge is -2.29. The van der Waals surface area contributed by atoms with Gasteiger partial charge in [0.05, 0.1) is 13.2 Å². The lowest BCUT2D eigenvalue weighted by Crippen LogP contribution is -2.42. The molecule has 0 aromatic rings. The zero-order chi connectivity index (χ0) is 11.9. The Morgan fingerprint density at radius 2 is 1.47 bits per heavy atom. The molecule has 0 saturated carbocycles. The van der Waals surface area contributed by atoms with Gasteiger partial charge >= 0.3 is 0 Å². The van der Waals surface area contributed by atoms with E-state index >= 15 is 0 Å². The fourth-order valence-electron chi connectivity index (χ4n) is 1.19. The number of carbonyl (C=O) groups is 1. The highest BCUT2D eigenvalue weighted by Crippen LogP contribution is 2.16. The van der Waals surface area contributed by atoms with Crippen LogP contribution in [0.25, 0.3) is 0 Å². The van der Waals surface area contributed by atoms with Crippen LogP contribution in [0.1, 0.15) is 20.8 Å². The fourth-order valence-corrected chi connectivity index (χ4v) is 1.19. The molecule has 0 aliphatic carbocycles. The Hall–Kier alpha value is -0.610. The molecule has 0 unspecified atom stereocenters. The van der Waals surface area contributed by atoms with Crippen molar-refractivity contribution < 1.29 is 14.3 Å². The van der Waals surface area contributed by atoms with Crippen LogP contribution in [0.3, 0.4) is 0 Å². The molecule has 15 heavy (non-hydrogen) atoms. The zero-order valence-electron chi connectivity index (χ0n) is 10.5. The quantitative estimate of drug-likeness (QED) is 0.670. The van der Waals surface area contributed by atoms with Gasteiger partial charge in [-0.15, -0.1) is 0 Å². The highest BCUT2D eigenvalue weighted by molar-refractivity contribution is 5.81. The Morgan fingerprint density at radius 1 is 1.07 bits per heavy atom.